The van der Waals surface area contributed by atoms with Crippen molar-refractivity contribution in [2.45, 2.75) is 25.8 Å². The molecule has 1 amide bonds. The third-order valence-corrected chi connectivity index (χ3v) is 4.67. The Kier molecular flexibility index (Phi) is 7.95. The normalized spacial score (nSPS) is 11.8. The van der Waals surface area contributed by atoms with Gasteiger partial charge in [-0.05, 0) is 59.0 Å². The number of aryl methyl sites for hydroxylation is 1. The van der Waals surface area contributed by atoms with Gasteiger partial charge in [0.05, 0.1) is 18.1 Å². The van der Waals surface area contributed by atoms with Gasteiger partial charge in [0, 0.05) is 12.6 Å². The molecule has 0 aliphatic carbocycles. The Morgan fingerprint density at radius 1 is 1.20 bits per heavy atom. The number of rotatable bonds is 9. The summed E-state index contributed by atoms with van der Waals surface area (Å²) in [5.74, 6) is 0.819. The van der Waals surface area contributed by atoms with Crippen molar-refractivity contribution >= 4 is 21.8 Å². The summed E-state index contributed by atoms with van der Waals surface area (Å²) in [7, 11) is 1.64. The van der Waals surface area contributed by atoms with Gasteiger partial charge in [-0.25, -0.2) is 0 Å². The van der Waals surface area contributed by atoms with E-state index in [9.17, 15) is 4.79 Å². The summed E-state index contributed by atoms with van der Waals surface area (Å²) in [6.07, 6.45) is 1.92. The van der Waals surface area contributed by atoms with Crippen LogP contribution in [0.15, 0.2) is 53.0 Å². The molecule has 134 valence electrons. The van der Waals surface area contributed by atoms with E-state index in [0.29, 0.717) is 13.1 Å². The van der Waals surface area contributed by atoms with E-state index in [1.165, 1.54) is 5.56 Å². The van der Waals surface area contributed by atoms with E-state index in [4.69, 9.17) is 4.74 Å². The first-order valence-electron chi connectivity index (χ1n) is 8.47. The average molecular weight is 405 g/mol. The van der Waals surface area contributed by atoms with Gasteiger partial charge in [0.1, 0.15) is 5.75 Å². The van der Waals surface area contributed by atoms with E-state index in [0.717, 1.165) is 28.6 Å². The van der Waals surface area contributed by atoms with E-state index in [2.05, 4.69) is 38.7 Å². The van der Waals surface area contributed by atoms with E-state index >= 15 is 0 Å². The average Bonchev–Trinajstić information content (AvgIpc) is 2.64. The maximum absolute atomic E-state index is 12.0. The Balaban J connectivity index is 1.68. The van der Waals surface area contributed by atoms with Crippen molar-refractivity contribution in [2.24, 2.45) is 0 Å². The Hall–Kier alpha value is -1.85. The van der Waals surface area contributed by atoms with Crippen LogP contribution in [0, 0.1) is 0 Å². The maximum atomic E-state index is 12.0. The van der Waals surface area contributed by atoms with E-state index in [1.54, 1.807) is 7.11 Å². The lowest BCUT2D eigenvalue weighted by Crippen LogP contribution is -2.35. The number of halogens is 1. The number of carbonyl (C=O) groups is 1. The Morgan fingerprint density at radius 3 is 2.64 bits per heavy atom. The molecule has 25 heavy (non-hydrogen) atoms. The molecule has 0 aliphatic rings. The predicted molar refractivity (Wildman–Crippen MR) is 105 cm³/mol. The number of amides is 1. The fourth-order valence-electron chi connectivity index (χ4n) is 2.54. The van der Waals surface area contributed by atoms with Crippen molar-refractivity contribution in [3.63, 3.8) is 0 Å². The number of carbonyl (C=O) groups excluding carboxylic acids is 1. The zero-order valence-corrected chi connectivity index (χ0v) is 16.3. The van der Waals surface area contributed by atoms with Gasteiger partial charge in [-0.15, -0.1) is 0 Å². The van der Waals surface area contributed by atoms with Crippen LogP contribution < -0.4 is 15.4 Å². The Morgan fingerprint density at radius 2 is 1.96 bits per heavy atom. The highest BCUT2D eigenvalue weighted by atomic mass is 79.9. The standard InChI is InChI=1S/C20H25BrN2O2/c1-15(17-10-11-19(25-2)18(21)13-17)23-14-20(24)22-12-6-9-16-7-4-3-5-8-16/h3-5,7-8,10-11,13,15,23H,6,9,12,14H2,1-2H3,(H,22,24)/t15-/m0/s1. The summed E-state index contributed by atoms with van der Waals surface area (Å²) in [6.45, 7) is 3.03. The van der Waals surface area contributed by atoms with Gasteiger partial charge in [0.2, 0.25) is 5.91 Å². The lowest BCUT2D eigenvalue weighted by Gasteiger charge is -2.15. The van der Waals surface area contributed by atoms with Crippen LogP contribution in [0.4, 0.5) is 0 Å². The minimum atomic E-state index is 0.0208. The summed E-state index contributed by atoms with van der Waals surface area (Å²) in [5.41, 5.74) is 2.40. The number of hydrogen-bond donors (Lipinski definition) is 2. The third-order valence-electron chi connectivity index (χ3n) is 4.05. The first kappa shape index (κ1) is 19.5. The van der Waals surface area contributed by atoms with Crippen molar-refractivity contribution in [1.82, 2.24) is 10.6 Å². The quantitative estimate of drug-likeness (QED) is 0.623. The Bertz CT molecular complexity index is 677. The van der Waals surface area contributed by atoms with Crippen LogP contribution in [0.5, 0.6) is 5.75 Å². The molecule has 0 unspecified atom stereocenters. The molecule has 2 rings (SSSR count). The van der Waals surface area contributed by atoms with Gasteiger partial charge in [-0.3, -0.25) is 4.79 Å². The van der Waals surface area contributed by atoms with E-state index in [1.807, 2.05) is 43.3 Å². The highest BCUT2D eigenvalue weighted by Crippen LogP contribution is 2.27. The van der Waals surface area contributed by atoms with Crippen molar-refractivity contribution in [1.29, 1.82) is 0 Å². The second-order valence-corrected chi connectivity index (χ2v) is 6.79. The number of ether oxygens (including phenoxy) is 1. The summed E-state index contributed by atoms with van der Waals surface area (Å²) >= 11 is 3.48. The molecule has 4 nitrogen and oxygen atoms in total. The molecular weight excluding hydrogens is 380 g/mol. The molecule has 0 fully saturated rings. The van der Waals surface area contributed by atoms with Crippen LogP contribution in [0.25, 0.3) is 0 Å². The van der Waals surface area contributed by atoms with Gasteiger partial charge < -0.3 is 15.4 Å². The van der Waals surface area contributed by atoms with Crippen molar-refractivity contribution in [2.75, 3.05) is 20.2 Å². The van der Waals surface area contributed by atoms with E-state index in [-0.39, 0.29) is 11.9 Å². The van der Waals surface area contributed by atoms with Gasteiger partial charge in [-0.2, -0.15) is 0 Å². The van der Waals surface area contributed by atoms with E-state index < -0.39 is 0 Å². The molecule has 2 aromatic rings. The summed E-state index contributed by atoms with van der Waals surface area (Å²) in [5, 5.41) is 6.21. The summed E-state index contributed by atoms with van der Waals surface area (Å²) in [4.78, 5) is 12.0. The summed E-state index contributed by atoms with van der Waals surface area (Å²) < 4.78 is 6.14. The smallest absolute Gasteiger partial charge is 0.233 e. The number of hydrogen-bond acceptors (Lipinski definition) is 3. The molecule has 0 aliphatic heterocycles. The minimum absolute atomic E-state index is 0.0208. The SMILES string of the molecule is COc1ccc([C@H](C)NCC(=O)NCCCc2ccccc2)cc1Br. The van der Waals surface area contributed by atoms with Crippen molar-refractivity contribution in [3.05, 3.63) is 64.1 Å². The number of methoxy groups -OCH3 is 1. The summed E-state index contributed by atoms with van der Waals surface area (Å²) in [6, 6.07) is 16.3. The highest BCUT2D eigenvalue weighted by Gasteiger charge is 2.10. The van der Waals surface area contributed by atoms with Crippen LogP contribution in [-0.2, 0) is 11.2 Å². The van der Waals surface area contributed by atoms with Gasteiger partial charge >= 0.3 is 0 Å². The number of benzene rings is 2. The first-order valence-corrected chi connectivity index (χ1v) is 9.27. The predicted octanol–water partition coefficient (Wildman–Crippen LogP) is 3.86. The molecule has 1 atom stereocenters. The van der Waals surface area contributed by atoms with Crippen LogP contribution in [0.2, 0.25) is 0 Å². The molecule has 5 heteroatoms. The minimum Gasteiger partial charge on any atom is -0.496 e. The molecule has 0 saturated carbocycles. The lowest BCUT2D eigenvalue weighted by atomic mass is 10.1. The fraction of sp³-hybridized carbons (Fsp3) is 0.350. The molecule has 2 aromatic carbocycles. The van der Waals surface area contributed by atoms with Crippen molar-refractivity contribution in [3.8, 4) is 5.75 Å². The molecule has 0 heterocycles. The van der Waals surface area contributed by atoms with Crippen LogP contribution >= 0.6 is 15.9 Å². The second kappa shape index (κ2) is 10.2. The first-order chi connectivity index (χ1) is 12.1. The second-order valence-electron chi connectivity index (χ2n) is 5.94. The van der Waals surface area contributed by atoms with Crippen molar-refractivity contribution < 1.29 is 9.53 Å². The monoisotopic (exact) mass is 404 g/mol. The maximum Gasteiger partial charge on any atom is 0.233 e. The molecule has 2 N–H and O–H groups in total. The molecular formula is C20H25BrN2O2. The molecule has 0 aromatic heterocycles. The molecule has 0 spiro atoms. The fourth-order valence-corrected chi connectivity index (χ4v) is 3.10. The van der Waals surface area contributed by atoms with Crippen LogP contribution in [-0.4, -0.2) is 26.1 Å². The lowest BCUT2D eigenvalue weighted by molar-refractivity contribution is -0.120. The largest absolute Gasteiger partial charge is 0.496 e. The highest BCUT2D eigenvalue weighted by molar-refractivity contribution is 9.10. The topological polar surface area (TPSA) is 50.4 Å². The van der Waals surface area contributed by atoms with Crippen LogP contribution in [0.3, 0.4) is 0 Å². The zero-order valence-electron chi connectivity index (χ0n) is 14.7. The molecule has 0 saturated heterocycles. The van der Waals surface area contributed by atoms with Gasteiger partial charge in [-0.1, -0.05) is 36.4 Å². The third kappa shape index (κ3) is 6.52. The molecule has 0 bridgehead atoms. The zero-order chi connectivity index (χ0) is 18.1. The Labute approximate surface area is 158 Å². The molecule has 0 radical (unpaired) electrons. The number of nitrogens with one attached hydrogen (secondary N) is 2. The van der Waals surface area contributed by atoms with Gasteiger partial charge in [0.25, 0.3) is 0 Å². The van der Waals surface area contributed by atoms with Crippen LogP contribution in [0.1, 0.15) is 30.5 Å². The van der Waals surface area contributed by atoms with Gasteiger partial charge in [0.15, 0.2) is 0 Å².